The van der Waals surface area contributed by atoms with Gasteiger partial charge in [0.05, 0.1) is 6.10 Å². The van der Waals surface area contributed by atoms with Crippen molar-refractivity contribution in [3.63, 3.8) is 0 Å². The van der Waals surface area contributed by atoms with Crippen LogP contribution in [0.5, 0.6) is 0 Å². The highest BCUT2D eigenvalue weighted by atomic mass is 16.3. The van der Waals surface area contributed by atoms with Gasteiger partial charge < -0.3 is 15.7 Å². The minimum atomic E-state index is -0.179. The average Bonchev–Trinajstić information content (AvgIpc) is 2.47. The van der Waals surface area contributed by atoms with Crippen LogP contribution in [0.4, 0.5) is 0 Å². The average molecular weight is 199 g/mol. The van der Waals surface area contributed by atoms with Crippen LogP contribution in [0.1, 0.15) is 13.3 Å². The van der Waals surface area contributed by atoms with E-state index >= 15 is 0 Å². The molecule has 0 bridgehead atoms. The van der Waals surface area contributed by atoms with Gasteiger partial charge in [0.2, 0.25) is 0 Å². The summed E-state index contributed by atoms with van der Waals surface area (Å²) < 4.78 is 0. The van der Waals surface area contributed by atoms with E-state index in [9.17, 15) is 5.11 Å². The van der Waals surface area contributed by atoms with Crippen LogP contribution in [0.15, 0.2) is 0 Å². The molecule has 14 heavy (non-hydrogen) atoms. The maximum atomic E-state index is 9.83. The van der Waals surface area contributed by atoms with Gasteiger partial charge in [-0.15, -0.1) is 0 Å². The molecule has 4 heteroatoms. The lowest BCUT2D eigenvalue weighted by Gasteiger charge is -2.42. The molecule has 2 atom stereocenters. The first-order valence-electron chi connectivity index (χ1n) is 5.68. The molecule has 2 rings (SSSR count). The van der Waals surface area contributed by atoms with E-state index < -0.39 is 0 Å². The zero-order chi connectivity index (χ0) is 9.97. The molecule has 0 aromatic rings. The number of nitrogens with one attached hydrogen (secondary N) is 2. The molecular formula is C10H21N3O. The summed E-state index contributed by atoms with van der Waals surface area (Å²) in [6.07, 6.45) is 0.988. The molecule has 0 radical (unpaired) electrons. The predicted octanol–water partition coefficient (Wildman–Crippen LogP) is -0.997. The molecule has 0 spiro atoms. The second kappa shape index (κ2) is 4.57. The van der Waals surface area contributed by atoms with Gasteiger partial charge in [-0.2, -0.15) is 0 Å². The Morgan fingerprint density at radius 1 is 1.21 bits per heavy atom. The van der Waals surface area contributed by atoms with Gasteiger partial charge in [0, 0.05) is 38.3 Å². The molecule has 3 N–H and O–H groups in total. The number of aliphatic hydroxyl groups is 1. The number of β-amino-alcohol motifs (C(OH)–C–C–N with tert-alkyl or cyclic N) is 1. The van der Waals surface area contributed by atoms with Crippen molar-refractivity contribution in [2.24, 2.45) is 0 Å². The van der Waals surface area contributed by atoms with Crippen LogP contribution < -0.4 is 10.6 Å². The van der Waals surface area contributed by atoms with Crippen LogP contribution in [0.3, 0.4) is 0 Å². The maximum absolute atomic E-state index is 9.83. The van der Waals surface area contributed by atoms with Crippen LogP contribution in [0.25, 0.3) is 0 Å². The molecule has 0 saturated carbocycles. The lowest BCUT2D eigenvalue weighted by molar-refractivity contribution is 0.0358. The quantitative estimate of drug-likeness (QED) is 0.544. The third kappa shape index (κ3) is 1.93. The fraction of sp³-hybridized carbons (Fsp3) is 1.00. The van der Waals surface area contributed by atoms with E-state index in [1.165, 1.54) is 6.42 Å². The number of aliphatic hydroxyl groups excluding tert-OH is 1. The smallest absolute Gasteiger partial charge is 0.0831 e. The first-order valence-corrected chi connectivity index (χ1v) is 5.68. The standard InChI is InChI=1S/C10H21N3O/c1-2-3-13(8-4-11-5-8)9-6-12-7-10(9)14/h8-12,14H,2-7H2,1H3/t9-,10-/m1/s1. The van der Waals surface area contributed by atoms with Gasteiger partial charge in [-0.1, -0.05) is 6.92 Å². The molecule has 0 unspecified atom stereocenters. The van der Waals surface area contributed by atoms with E-state index in [-0.39, 0.29) is 6.10 Å². The summed E-state index contributed by atoms with van der Waals surface area (Å²) in [6, 6.07) is 0.983. The Hall–Kier alpha value is -0.160. The van der Waals surface area contributed by atoms with Gasteiger partial charge in [-0.05, 0) is 13.0 Å². The van der Waals surface area contributed by atoms with E-state index in [1.807, 2.05) is 0 Å². The van der Waals surface area contributed by atoms with Crippen LogP contribution in [-0.2, 0) is 0 Å². The van der Waals surface area contributed by atoms with Crippen LogP contribution in [0, 0.1) is 0 Å². The monoisotopic (exact) mass is 199 g/mol. The van der Waals surface area contributed by atoms with Crippen LogP contribution >= 0.6 is 0 Å². The molecule has 2 fully saturated rings. The van der Waals surface area contributed by atoms with Crippen molar-refractivity contribution in [2.75, 3.05) is 32.7 Å². The lowest BCUT2D eigenvalue weighted by atomic mass is 10.0. The molecule has 2 aliphatic rings. The molecular weight excluding hydrogens is 178 g/mol. The summed E-state index contributed by atoms with van der Waals surface area (Å²) in [5.74, 6) is 0. The highest BCUT2D eigenvalue weighted by Gasteiger charge is 2.36. The molecule has 0 aromatic carbocycles. The van der Waals surface area contributed by atoms with Crippen LogP contribution in [0.2, 0.25) is 0 Å². The molecule has 0 aromatic heterocycles. The Bertz CT molecular complexity index is 184. The topological polar surface area (TPSA) is 47.5 Å². The van der Waals surface area contributed by atoms with Gasteiger partial charge in [-0.25, -0.2) is 0 Å². The SMILES string of the molecule is CCCN(C1CNC1)[C@@H]1CNC[C@H]1O. The summed E-state index contributed by atoms with van der Waals surface area (Å²) in [5.41, 5.74) is 0. The zero-order valence-electron chi connectivity index (χ0n) is 8.87. The van der Waals surface area contributed by atoms with Gasteiger partial charge in [0.1, 0.15) is 0 Å². The van der Waals surface area contributed by atoms with Gasteiger partial charge >= 0.3 is 0 Å². The molecule has 82 valence electrons. The first-order chi connectivity index (χ1) is 6.83. The minimum Gasteiger partial charge on any atom is -0.390 e. The Kier molecular flexibility index (Phi) is 3.38. The molecule has 0 amide bonds. The number of hydrogen-bond donors (Lipinski definition) is 3. The van der Waals surface area contributed by atoms with Gasteiger partial charge in [0.25, 0.3) is 0 Å². The second-order valence-electron chi connectivity index (χ2n) is 4.34. The van der Waals surface area contributed by atoms with E-state index in [1.54, 1.807) is 0 Å². The molecule has 0 aliphatic carbocycles. The van der Waals surface area contributed by atoms with Crippen molar-refractivity contribution in [3.05, 3.63) is 0 Å². The largest absolute Gasteiger partial charge is 0.390 e. The summed E-state index contributed by atoms with van der Waals surface area (Å²) >= 11 is 0. The molecule has 2 aliphatic heterocycles. The summed E-state index contributed by atoms with van der Waals surface area (Å²) in [5, 5.41) is 16.4. The normalized spacial score (nSPS) is 33.6. The fourth-order valence-corrected chi connectivity index (χ4v) is 2.37. The van der Waals surface area contributed by atoms with Crippen molar-refractivity contribution in [1.29, 1.82) is 0 Å². The first kappa shape index (κ1) is 10.4. The predicted molar refractivity (Wildman–Crippen MR) is 56.3 cm³/mol. The fourth-order valence-electron chi connectivity index (χ4n) is 2.37. The van der Waals surface area contributed by atoms with E-state index in [4.69, 9.17) is 0 Å². The van der Waals surface area contributed by atoms with Crippen molar-refractivity contribution in [2.45, 2.75) is 31.5 Å². The maximum Gasteiger partial charge on any atom is 0.0831 e. The lowest BCUT2D eigenvalue weighted by Crippen LogP contribution is -2.62. The highest BCUT2D eigenvalue weighted by molar-refractivity contribution is 4.95. The molecule has 2 saturated heterocycles. The van der Waals surface area contributed by atoms with E-state index in [0.717, 1.165) is 32.7 Å². The number of nitrogens with zero attached hydrogens (tertiary/aromatic N) is 1. The third-order valence-electron chi connectivity index (χ3n) is 3.29. The highest BCUT2D eigenvalue weighted by Crippen LogP contribution is 2.16. The van der Waals surface area contributed by atoms with E-state index in [2.05, 4.69) is 22.5 Å². The van der Waals surface area contributed by atoms with Crippen molar-refractivity contribution in [3.8, 4) is 0 Å². The Balaban J connectivity index is 1.93. The van der Waals surface area contributed by atoms with Crippen LogP contribution in [-0.4, -0.2) is 60.9 Å². The number of hydrogen-bond acceptors (Lipinski definition) is 4. The minimum absolute atomic E-state index is 0.179. The Morgan fingerprint density at radius 3 is 2.36 bits per heavy atom. The van der Waals surface area contributed by atoms with Gasteiger partial charge in [-0.3, -0.25) is 4.90 Å². The van der Waals surface area contributed by atoms with E-state index in [0.29, 0.717) is 12.1 Å². The van der Waals surface area contributed by atoms with Gasteiger partial charge in [0.15, 0.2) is 0 Å². The van der Waals surface area contributed by atoms with Crippen molar-refractivity contribution in [1.82, 2.24) is 15.5 Å². The number of rotatable bonds is 4. The Labute approximate surface area is 85.7 Å². The van der Waals surface area contributed by atoms with Crippen molar-refractivity contribution < 1.29 is 5.11 Å². The van der Waals surface area contributed by atoms with Crippen molar-refractivity contribution >= 4 is 0 Å². The molecule has 4 nitrogen and oxygen atoms in total. The summed E-state index contributed by atoms with van der Waals surface area (Å²) in [4.78, 5) is 2.47. The third-order valence-corrected chi connectivity index (χ3v) is 3.29. The molecule has 2 heterocycles. The second-order valence-corrected chi connectivity index (χ2v) is 4.34. The summed E-state index contributed by atoms with van der Waals surface area (Å²) in [7, 11) is 0. The summed E-state index contributed by atoms with van der Waals surface area (Å²) in [6.45, 7) is 7.18. The Morgan fingerprint density at radius 2 is 1.93 bits per heavy atom. The zero-order valence-corrected chi connectivity index (χ0v) is 8.87.